The highest BCUT2D eigenvalue weighted by Gasteiger charge is 2.36. The van der Waals surface area contributed by atoms with Gasteiger partial charge < -0.3 is 5.32 Å². The first kappa shape index (κ1) is 19.9. The predicted octanol–water partition coefficient (Wildman–Crippen LogP) is 3.83. The van der Waals surface area contributed by atoms with Crippen molar-refractivity contribution in [1.29, 1.82) is 0 Å². The summed E-state index contributed by atoms with van der Waals surface area (Å²) in [4.78, 5) is 20.6. The lowest BCUT2D eigenvalue weighted by atomic mass is 10.1. The van der Waals surface area contributed by atoms with E-state index in [1.807, 2.05) is 0 Å². The first-order valence-corrected chi connectivity index (χ1v) is 10.9. The molecular formula is C22H18FN3O3S. The lowest BCUT2D eigenvalue weighted by Gasteiger charge is -2.09. The molecule has 0 saturated heterocycles. The van der Waals surface area contributed by atoms with Gasteiger partial charge in [0.2, 0.25) is 0 Å². The monoisotopic (exact) mass is 423 g/mol. The summed E-state index contributed by atoms with van der Waals surface area (Å²) in [5.41, 5.74) is 4.67. The number of amides is 1. The number of sulfone groups is 1. The minimum Gasteiger partial charge on any atom is -0.304 e. The van der Waals surface area contributed by atoms with Gasteiger partial charge in [0.05, 0.1) is 21.4 Å². The molecule has 0 bridgehead atoms. The molecule has 0 unspecified atom stereocenters. The molecule has 1 saturated carbocycles. The third-order valence-corrected chi connectivity index (χ3v) is 7.01. The molecule has 1 aliphatic carbocycles. The van der Waals surface area contributed by atoms with Gasteiger partial charge in [-0.25, -0.2) is 17.8 Å². The minimum absolute atomic E-state index is 0.219. The van der Waals surface area contributed by atoms with Gasteiger partial charge in [-0.1, -0.05) is 17.9 Å². The Bertz CT molecular complexity index is 1270. The topological polar surface area (TPSA) is 88.5 Å². The molecule has 152 valence electrons. The molecule has 0 radical (unpaired) electrons. The Hall–Kier alpha value is -3.35. The second-order valence-electron chi connectivity index (χ2n) is 7.06. The number of benzene rings is 1. The van der Waals surface area contributed by atoms with E-state index in [2.05, 4.69) is 21.0 Å². The van der Waals surface area contributed by atoms with E-state index in [9.17, 15) is 17.6 Å². The molecule has 1 aromatic carbocycles. The molecule has 1 aromatic heterocycles. The van der Waals surface area contributed by atoms with Gasteiger partial charge in [-0.2, -0.15) is 0 Å². The molecule has 30 heavy (non-hydrogen) atoms. The zero-order valence-electron chi connectivity index (χ0n) is 16.1. The molecule has 0 atom stereocenters. The van der Waals surface area contributed by atoms with Crippen molar-refractivity contribution in [3.05, 3.63) is 71.5 Å². The van der Waals surface area contributed by atoms with Crippen molar-refractivity contribution in [1.82, 2.24) is 4.98 Å². The van der Waals surface area contributed by atoms with Crippen LogP contribution in [0, 0.1) is 5.82 Å². The van der Waals surface area contributed by atoms with Gasteiger partial charge in [0.15, 0.2) is 21.5 Å². The number of hydrogen-bond acceptors (Lipinski definition) is 5. The molecule has 1 N–H and O–H groups in total. The molecule has 4 rings (SSSR count). The summed E-state index contributed by atoms with van der Waals surface area (Å²) in [6, 6.07) is 7.60. The van der Waals surface area contributed by atoms with Gasteiger partial charge in [-0.15, -0.1) is 0 Å². The van der Waals surface area contributed by atoms with Crippen molar-refractivity contribution in [3.8, 4) is 11.1 Å². The van der Waals surface area contributed by atoms with Crippen molar-refractivity contribution in [3.63, 3.8) is 0 Å². The fourth-order valence-corrected chi connectivity index (χ4v) is 4.62. The van der Waals surface area contributed by atoms with Crippen molar-refractivity contribution in [2.24, 2.45) is 4.99 Å². The van der Waals surface area contributed by atoms with E-state index in [0.717, 1.165) is 0 Å². The average molecular weight is 423 g/mol. The maximum atomic E-state index is 14.6. The van der Waals surface area contributed by atoms with Gasteiger partial charge in [0.1, 0.15) is 0 Å². The lowest BCUT2D eigenvalue weighted by Crippen LogP contribution is -2.17. The van der Waals surface area contributed by atoms with Crippen LogP contribution in [-0.4, -0.2) is 30.8 Å². The van der Waals surface area contributed by atoms with Crippen LogP contribution >= 0.6 is 0 Å². The Labute approximate surface area is 173 Å². The van der Waals surface area contributed by atoms with Crippen molar-refractivity contribution < 1.29 is 17.6 Å². The highest BCUT2D eigenvalue weighted by molar-refractivity contribution is 7.92. The van der Waals surface area contributed by atoms with Crippen LogP contribution in [0.4, 0.5) is 10.2 Å². The first-order valence-electron chi connectivity index (χ1n) is 9.33. The molecule has 8 heteroatoms. The fraction of sp³-hybridized carbons (Fsp3) is 0.182. The summed E-state index contributed by atoms with van der Waals surface area (Å²) in [5.74, 6) is -1.51. The van der Waals surface area contributed by atoms with Gasteiger partial charge in [-0.05, 0) is 55.7 Å². The number of hydrogen-bond donors (Lipinski definition) is 1. The molecular weight excluding hydrogens is 405 g/mol. The summed E-state index contributed by atoms with van der Waals surface area (Å²) < 4.78 is 39.5. The molecule has 1 aliphatic heterocycles. The molecule has 2 aliphatic rings. The highest BCUT2D eigenvalue weighted by Crippen LogP contribution is 2.35. The Morgan fingerprint density at radius 1 is 1.23 bits per heavy atom. The summed E-state index contributed by atoms with van der Waals surface area (Å²) in [7, 11) is -3.35. The maximum absolute atomic E-state index is 14.6. The van der Waals surface area contributed by atoms with Gasteiger partial charge in [0, 0.05) is 18.0 Å². The third kappa shape index (κ3) is 4.15. The van der Waals surface area contributed by atoms with Crippen LogP contribution in [0.15, 0.2) is 75.6 Å². The predicted molar refractivity (Wildman–Crippen MR) is 112 cm³/mol. The molecule has 6 nitrogen and oxygen atoms in total. The number of pyridine rings is 1. The number of halogens is 1. The van der Waals surface area contributed by atoms with Crippen molar-refractivity contribution in [2.75, 3.05) is 5.32 Å². The van der Waals surface area contributed by atoms with E-state index < -0.39 is 21.6 Å². The number of carbonyl (C=O) groups excluding carboxylic acids is 1. The largest absolute Gasteiger partial charge is 0.304 e. The second kappa shape index (κ2) is 7.82. The number of rotatable bonds is 5. The van der Waals surface area contributed by atoms with E-state index in [1.165, 1.54) is 30.6 Å². The van der Waals surface area contributed by atoms with Gasteiger partial charge in [0.25, 0.3) is 5.91 Å². The van der Waals surface area contributed by atoms with E-state index in [1.54, 1.807) is 31.2 Å². The van der Waals surface area contributed by atoms with Crippen LogP contribution in [0.5, 0.6) is 0 Å². The maximum Gasteiger partial charge on any atom is 0.258 e. The van der Waals surface area contributed by atoms with E-state index in [4.69, 9.17) is 0 Å². The molecule has 2 aromatic rings. The number of aliphatic imine (C=N–C) groups is 1. The van der Waals surface area contributed by atoms with E-state index in [0.29, 0.717) is 29.7 Å². The minimum atomic E-state index is -3.35. The zero-order chi connectivity index (χ0) is 21.3. The number of carbonyl (C=O) groups is 1. The van der Waals surface area contributed by atoms with Crippen LogP contribution in [0.1, 0.15) is 19.8 Å². The fourth-order valence-electron chi connectivity index (χ4n) is 2.92. The van der Waals surface area contributed by atoms with Crippen molar-refractivity contribution in [2.45, 2.75) is 29.9 Å². The normalized spacial score (nSPS) is 15.9. The SMILES string of the molecule is CC1=C=CC=C(C(=O)Nc2ncc(-c3cccc(S(=O)(=O)C4CC4)c3)cc2F)C=N1. The van der Waals surface area contributed by atoms with E-state index >= 15 is 0 Å². The summed E-state index contributed by atoms with van der Waals surface area (Å²) in [6.45, 7) is 1.74. The number of anilines is 1. The Kier molecular flexibility index (Phi) is 5.20. The second-order valence-corrected chi connectivity index (χ2v) is 9.29. The average Bonchev–Trinajstić information content (AvgIpc) is 3.58. The van der Waals surface area contributed by atoms with Crippen molar-refractivity contribution >= 4 is 27.8 Å². The zero-order valence-corrected chi connectivity index (χ0v) is 16.9. The number of aromatic nitrogens is 1. The third-order valence-electron chi connectivity index (χ3n) is 4.75. The number of nitrogens with one attached hydrogen (secondary N) is 1. The van der Waals surface area contributed by atoms with Gasteiger partial charge >= 0.3 is 0 Å². The molecule has 1 amide bonds. The molecule has 2 heterocycles. The number of allylic oxidation sites excluding steroid dienone is 2. The molecule has 1 fully saturated rings. The molecule has 0 spiro atoms. The van der Waals surface area contributed by atoms with Crippen LogP contribution in [0.25, 0.3) is 11.1 Å². The van der Waals surface area contributed by atoms with Crippen LogP contribution in [0.2, 0.25) is 0 Å². The summed E-state index contributed by atoms with van der Waals surface area (Å²) >= 11 is 0. The Balaban J connectivity index is 1.56. The lowest BCUT2D eigenvalue weighted by molar-refractivity contribution is -0.112. The smallest absolute Gasteiger partial charge is 0.258 e. The summed E-state index contributed by atoms with van der Waals surface area (Å²) in [5, 5.41) is 2.10. The summed E-state index contributed by atoms with van der Waals surface area (Å²) in [6.07, 6.45) is 7.19. The van der Waals surface area contributed by atoms with E-state index in [-0.39, 0.29) is 21.5 Å². The van der Waals surface area contributed by atoms with Crippen LogP contribution in [-0.2, 0) is 14.6 Å². The Morgan fingerprint density at radius 3 is 2.77 bits per heavy atom. The number of nitrogens with zero attached hydrogens (tertiary/aromatic N) is 2. The highest BCUT2D eigenvalue weighted by atomic mass is 32.2. The first-order chi connectivity index (χ1) is 14.3. The van der Waals surface area contributed by atoms with Gasteiger partial charge in [-0.3, -0.25) is 9.79 Å². The van der Waals surface area contributed by atoms with Crippen LogP contribution in [0.3, 0.4) is 0 Å². The Morgan fingerprint density at radius 2 is 2.03 bits per heavy atom. The quantitative estimate of drug-likeness (QED) is 0.741. The standard InChI is InChI=1S/C22H18FN3O3S/c1-14-4-2-6-16(12-24-14)22(27)26-21-20(23)11-17(13-25-21)15-5-3-7-19(10-15)30(28,29)18-8-9-18/h2-3,5-7,10-13,18H,8-9H2,1H3,(H,25,26,27). The van der Waals surface area contributed by atoms with Crippen LogP contribution < -0.4 is 5.32 Å².